The lowest BCUT2D eigenvalue weighted by Crippen LogP contribution is -2.50. The Bertz CT molecular complexity index is 467. The van der Waals surface area contributed by atoms with Gasteiger partial charge in [0.1, 0.15) is 0 Å². The summed E-state index contributed by atoms with van der Waals surface area (Å²) in [5.41, 5.74) is 0.984. The highest BCUT2D eigenvalue weighted by Crippen LogP contribution is 2.22. The maximum Gasteiger partial charge on any atom is 0.227 e. The highest BCUT2D eigenvalue weighted by atomic mass is 16.2. The van der Waals surface area contributed by atoms with Crippen LogP contribution in [0.4, 0.5) is 0 Å². The van der Waals surface area contributed by atoms with E-state index in [-0.39, 0.29) is 11.3 Å². The van der Waals surface area contributed by atoms with Gasteiger partial charge >= 0.3 is 0 Å². The van der Waals surface area contributed by atoms with E-state index in [2.05, 4.69) is 22.0 Å². The van der Waals surface area contributed by atoms with E-state index in [1.54, 1.807) is 0 Å². The number of hydrogen-bond acceptors (Lipinski definition) is 3. The van der Waals surface area contributed by atoms with Gasteiger partial charge in [0.15, 0.2) is 0 Å². The van der Waals surface area contributed by atoms with Gasteiger partial charge in [-0.25, -0.2) is 0 Å². The van der Waals surface area contributed by atoms with Crippen LogP contribution in [-0.2, 0) is 11.3 Å². The molecule has 4 heteroatoms. The van der Waals surface area contributed by atoms with Crippen molar-refractivity contribution in [2.45, 2.75) is 46.2 Å². The normalized spacial score (nSPS) is 20.3. The molecular formula is C17H27N3O. The molecule has 0 saturated carbocycles. The number of nitrogens with zero attached hydrogens (tertiary/aromatic N) is 3. The summed E-state index contributed by atoms with van der Waals surface area (Å²) in [6.45, 7) is 8.98. The van der Waals surface area contributed by atoms with Crippen molar-refractivity contribution in [3.05, 3.63) is 30.1 Å². The lowest BCUT2D eigenvalue weighted by molar-refractivity contribution is -0.141. The zero-order valence-corrected chi connectivity index (χ0v) is 13.7. The maximum absolute atomic E-state index is 12.4. The average Bonchev–Trinajstić information content (AvgIpc) is 2.46. The van der Waals surface area contributed by atoms with Gasteiger partial charge < -0.3 is 4.90 Å². The quantitative estimate of drug-likeness (QED) is 0.858. The van der Waals surface area contributed by atoms with Gasteiger partial charge in [-0.2, -0.15) is 0 Å². The fraction of sp³-hybridized carbons (Fsp3) is 0.647. The van der Waals surface area contributed by atoms with E-state index in [4.69, 9.17) is 0 Å². The molecule has 21 heavy (non-hydrogen) atoms. The number of carbonyl (C=O) groups is 1. The van der Waals surface area contributed by atoms with Crippen molar-refractivity contribution < 1.29 is 4.79 Å². The lowest BCUT2D eigenvalue weighted by atomic mass is 9.93. The molecule has 1 saturated heterocycles. The summed E-state index contributed by atoms with van der Waals surface area (Å²) in [6, 6.07) is 4.45. The van der Waals surface area contributed by atoms with Crippen LogP contribution in [0, 0.1) is 5.41 Å². The number of rotatable bonds is 3. The number of amides is 1. The molecule has 1 unspecified atom stereocenters. The second-order valence-corrected chi connectivity index (χ2v) is 7.05. The van der Waals surface area contributed by atoms with Crippen LogP contribution in [0.1, 0.15) is 39.2 Å². The van der Waals surface area contributed by atoms with E-state index in [0.717, 1.165) is 32.5 Å². The van der Waals surface area contributed by atoms with Crippen molar-refractivity contribution in [2.75, 3.05) is 20.1 Å². The second-order valence-electron chi connectivity index (χ2n) is 7.05. The molecule has 1 aromatic heterocycles. The van der Waals surface area contributed by atoms with Crippen molar-refractivity contribution in [3.63, 3.8) is 0 Å². The molecule has 0 radical (unpaired) electrons. The van der Waals surface area contributed by atoms with Gasteiger partial charge in [-0.15, -0.1) is 0 Å². The Morgan fingerprint density at radius 3 is 2.67 bits per heavy atom. The number of aromatic nitrogens is 1. The van der Waals surface area contributed by atoms with Crippen molar-refractivity contribution in [2.24, 2.45) is 5.41 Å². The van der Waals surface area contributed by atoms with E-state index < -0.39 is 0 Å². The Labute approximate surface area is 128 Å². The van der Waals surface area contributed by atoms with Crippen LogP contribution in [0.2, 0.25) is 0 Å². The summed E-state index contributed by atoms with van der Waals surface area (Å²) >= 11 is 0. The molecule has 116 valence electrons. The van der Waals surface area contributed by atoms with Crippen LogP contribution >= 0.6 is 0 Å². The number of pyridine rings is 1. The van der Waals surface area contributed by atoms with Gasteiger partial charge in [0.25, 0.3) is 0 Å². The topological polar surface area (TPSA) is 36.4 Å². The SMILES string of the molecule is CN(C(=O)C(C)(C)C)C1CCCN(Cc2ccncc2)C1. The molecule has 1 aliphatic rings. The third kappa shape index (κ3) is 4.27. The van der Waals surface area contributed by atoms with Gasteiger partial charge in [-0.05, 0) is 37.1 Å². The number of carbonyl (C=O) groups excluding carboxylic acids is 1. The number of likely N-dealkylation sites (N-methyl/N-ethyl adjacent to an activating group) is 1. The van der Waals surface area contributed by atoms with E-state index >= 15 is 0 Å². The minimum absolute atomic E-state index is 0.235. The van der Waals surface area contributed by atoms with Gasteiger partial charge in [-0.1, -0.05) is 20.8 Å². The third-order valence-corrected chi connectivity index (χ3v) is 4.15. The predicted molar refractivity (Wildman–Crippen MR) is 84.8 cm³/mol. The molecule has 1 atom stereocenters. The average molecular weight is 289 g/mol. The van der Waals surface area contributed by atoms with Gasteiger partial charge in [0.2, 0.25) is 5.91 Å². The number of hydrogen-bond donors (Lipinski definition) is 0. The summed E-state index contributed by atoms with van der Waals surface area (Å²) in [4.78, 5) is 20.9. The first kappa shape index (κ1) is 16.0. The second kappa shape index (κ2) is 6.56. The highest BCUT2D eigenvalue weighted by molar-refractivity contribution is 5.81. The zero-order valence-electron chi connectivity index (χ0n) is 13.7. The molecule has 1 aromatic rings. The molecule has 2 heterocycles. The molecule has 1 aliphatic heterocycles. The molecule has 0 aromatic carbocycles. The Balaban J connectivity index is 1.96. The zero-order chi connectivity index (χ0) is 15.5. The Kier molecular flexibility index (Phi) is 4.99. The fourth-order valence-electron chi connectivity index (χ4n) is 2.93. The maximum atomic E-state index is 12.4. The summed E-state index contributed by atoms with van der Waals surface area (Å²) in [6.07, 6.45) is 5.93. The van der Waals surface area contributed by atoms with Crippen molar-refractivity contribution in [1.82, 2.24) is 14.8 Å². The van der Waals surface area contributed by atoms with Gasteiger partial charge in [-0.3, -0.25) is 14.7 Å². The molecule has 1 fully saturated rings. The molecule has 2 rings (SSSR count). The molecule has 4 nitrogen and oxygen atoms in total. The smallest absolute Gasteiger partial charge is 0.227 e. The molecule has 0 bridgehead atoms. The van der Waals surface area contributed by atoms with Crippen molar-refractivity contribution >= 4 is 5.91 Å². The highest BCUT2D eigenvalue weighted by Gasteiger charge is 2.31. The Morgan fingerprint density at radius 1 is 1.38 bits per heavy atom. The summed E-state index contributed by atoms with van der Waals surface area (Å²) in [7, 11) is 1.95. The van der Waals surface area contributed by atoms with E-state index in [0.29, 0.717) is 6.04 Å². The first-order valence-corrected chi connectivity index (χ1v) is 7.76. The molecular weight excluding hydrogens is 262 g/mol. The first-order valence-electron chi connectivity index (χ1n) is 7.76. The van der Waals surface area contributed by atoms with E-state index in [9.17, 15) is 4.79 Å². The summed E-state index contributed by atoms with van der Waals surface area (Å²) in [5, 5.41) is 0. The van der Waals surface area contributed by atoms with E-state index in [1.165, 1.54) is 5.56 Å². The Morgan fingerprint density at radius 2 is 2.05 bits per heavy atom. The number of piperidine rings is 1. The summed E-state index contributed by atoms with van der Waals surface area (Å²) < 4.78 is 0. The molecule has 0 N–H and O–H groups in total. The van der Waals surface area contributed by atoms with Crippen LogP contribution in [0.5, 0.6) is 0 Å². The largest absolute Gasteiger partial charge is 0.341 e. The number of likely N-dealkylation sites (tertiary alicyclic amines) is 1. The predicted octanol–water partition coefficient (Wildman–Crippen LogP) is 2.55. The lowest BCUT2D eigenvalue weighted by Gasteiger charge is -2.39. The standard InChI is InChI=1S/C17H27N3O/c1-17(2,3)16(21)19(4)15-6-5-11-20(13-15)12-14-7-9-18-10-8-14/h7-10,15H,5-6,11-13H2,1-4H3. The third-order valence-electron chi connectivity index (χ3n) is 4.15. The minimum atomic E-state index is -0.303. The van der Waals surface area contributed by atoms with Crippen LogP contribution in [0.25, 0.3) is 0 Å². The fourth-order valence-corrected chi connectivity index (χ4v) is 2.93. The van der Waals surface area contributed by atoms with Crippen molar-refractivity contribution in [1.29, 1.82) is 0 Å². The van der Waals surface area contributed by atoms with Crippen molar-refractivity contribution in [3.8, 4) is 0 Å². The van der Waals surface area contributed by atoms with Gasteiger partial charge in [0.05, 0.1) is 0 Å². The van der Waals surface area contributed by atoms with Crippen LogP contribution in [0.15, 0.2) is 24.5 Å². The van der Waals surface area contributed by atoms with Crippen LogP contribution in [-0.4, -0.2) is 46.9 Å². The first-order chi connectivity index (χ1) is 9.88. The summed E-state index contributed by atoms with van der Waals surface area (Å²) in [5.74, 6) is 0.235. The van der Waals surface area contributed by atoms with Gasteiger partial charge in [0, 0.05) is 44.0 Å². The van der Waals surface area contributed by atoms with Crippen LogP contribution in [0.3, 0.4) is 0 Å². The van der Waals surface area contributed by atoms with E-state index in [1.807, 2.05) is 45.1 Å². The Hall–Kier alpha value is -1.42. The monoisotopic (exact) mass is 289 g/mol. The minimum Gasteiger partial charge on any atom is -0.341 e. The molecule has 0 aliphatic carbocycles. The molecule has 0 spiro atoms. The van der Waals surface area contributed by atoms with Crippen LogP contribution < -0.4 is 0 Å². The molecule has 1 amide bonds.